The van der Waals surface area contributed by atoms with E-state index >= 15 is 4.39 Å². The first-order valence-electron chi connectivity index (χ1n) is 16.9. The van der Waals surface area contributed by atoms with Gasteiger partial charge in [0.2, 0.25) is 0 Å². The van der Waals surface area contributed by atoms with Gasteiger partial charge in [0.15, 0.2) is 11.6 Å². The second-order valence-corrected chi connectivity index (χ2v) is 13.1. The SMILES string of the molecule is C#Cc1cccc2cccc(-c3ncc4c(N5CCN(C(=O)/C(F)=C/c6cnccn6)CC5)nc(OC[C@@]56CCCN5C[C@H](F)C6)nc4c3F)c12. The summed E-state index contributed by atoms with van der Waals surface area (Å²) in [5.41, 5.74) is 0.965. The van der Waals surface area contributed by atoms with Gasteiger partial charge in [-0.05, 0) is 30.8 Å². The zero-order valence-corrected chi connectivity index (χ0v) is 27.6. The molecule has 3 saturated heterocycles. The number of rotatable bonds is 7. The Labute approximate surface area is 292 Å². The maximum Gasteiger partial charge on any atom is 0.319 e. The van der Waals surface area contributed by atoms with Crippen molar-refractivity contribution in [3.05, 3.63) is 84.1 Å². The molecule has 5 aromatic rings. The first kappa shape index (κ1) is 32.6. The fourth-order valence-corrected chi connectivity index (χ4v) is 7.67. The summed E-state index contributed by atoms with van der Waals surface area (Å²) in [6, 6.07) is 11.0. The number of carbonyl (C=O) groups excluding carboxylic acids is 1. The molecule has 0 N–H and O–H groups in total. The number of halogens is 3. The minimum Gasteiger partial charge on any atom is -0.461 e. The molecule has 3 aliphatic rings. The Morgan fingerprint density at radius 2 is 1.88 bits per heavy atom. The molecule has 51 heavy (non-hydrogen) atoms. The Hall–Kier alpha value is -5.61. The van der Waals surface area contributed by atoms with Gasteiger partial charge in [0.1, 0.15) is 29.8 Å². The van der Waals surface area contributed by atoms with Crippen LogP contribution in [0.15, 0.2) is 67.0 Å². The van der Waals surface area contributed by atoms with Crippen LogP contribution in [0.3, 0.4) is 0 Å². The maximum atomic E-state index is 16.8. The lowest BCUT2D eigenvalue weighted by Gasteiger charge is -2.35. The molecule has 0 aliphatic carbocycles. The van der Waals surface area contributed by atoms with Crippen LogP contribution in [0, 0.1) is 18.2 Å². The van der Waals surface area contributed by atoms with Crippen molar-refractivity contribution in [1.29, 1.82) is 0 Å². The minimum atomic E-state index is -0.949. The van der Waals surface area contributed by atoms with Gasteiger partial charge < -0.3 is 14.5 Å². The van der Waals surface area contributed by atoms with E-state index in [9.17, 15) is 13.6 Å². The lowest BCUT2D eigenvalue weighted by molar-refractivity contribution is -0.128. The first-order chi connectivity index (χ1) is 24.8. The number of aromatic nitrogens is 5. The largest absolute Gasteiger partial charge is 0.461 e. The van der Waals surface area contributed by atoms with Gasteiger partial charge in [0, 0.05) is 80.3 Å². The second kappa shape index (κ2) is 13.3. The number of benzene rings is 2. The Morgan fingerprint density at radius 3 is 2.67 bits per heavy atom. The average Bonchev–Trinajstić information content (AvgIpc) is 3.69. The predicted octanol–water partition coefficient (Wildman–Crippen LogP) is 5.37. The number of nitrogens with zero attached hydrogens (tertiary/aromatic N) is 8. The van der Waals surface area contributed by atoms with E-state index in [1.807, 2.05) is 29.2 Å². The number of terminal acetylenes is 1. The zero-order valence-electron chi connectivity index (χ0n) is 27.6. The number of carbonyl (C=O) groups is 1. The molecule has 2 atom stereocenters. The lowest BCUT2D eigenvalue weighted by Crippen LogP contribution is -2.49. The Bertz CT molecular complexity index is 2220. The molecule has 0 radical (unpaired) electrons. The number of fused-ring (bicyclic) bond motifs is 3. The molecule has 8 rings (SSSR count). The van der Waals surface area contributed by atoms with E-state index in [-0.39, 0.29) is 55.7 Å². The van der Waals surface area contributed by atoms with E-state index in [0.29, 0.717) is 40.7 Å². The smallest absolute Gasteiger partial charge is 0.319 e. The monoisotopic (exact) mass is 690 g/mol. The minimum absolute atomic E-state index is 0.00205. The highest BCUT2D eigenvalue weighted by molar-refractivity contribution is 6.02. The summed E-state index contributed by atoms with van der Waals surface area (Å²) in [6.07, 6.45) is 13.8. The number of anilines is 1. The molecule has 2 aromatic carbocycles. The van der Waals surface area contributed by atoms with Gasteiger partial charge in [-0.25, -0.2) is 13.2 Å². The van der Waals surface area contributed by atoms with Gasteiger partial charge in [-0.1, -0.05) is 36.3 Å². The summed E-state index contributed by atoms with van der Waals surface area (Å²) in [5.74, 6) is 0.683. The summed E-state index contributed by atoms with van der Waals surface area (Å²) in [5, 5.41) is 1.89. The normalized spacial score (nSPS) is 20.9. The lowest BCUT2D eigenvalue weighted by atomic mass is 9.95. The van der Waals surface area contributed by atoms with Crippen molar-refractivity contribution in [1.82, 2.24) is 34.7 Å². The molecule has 0 bridgehead atoms. The van der Waals surface area contributed by atoms with Crippen LogP contribution in [0.1, 0.15) is 30.5 Å². The maximum absolute atomic E-state index is 16.8. The summed E-state index contributed by atoms with van der Waals surface area (Å²) in [7, 11) is 0. The van der Waals surface area contributed by atoms with Crippen molar-refractivity contribution >= 4 is 39.5 Å². The second-order valence-electron chi connectivity index (χ2n) is 13.1. The molecular formula is C38H33F3N8O2. The number of piperazine rings is 1. The van der Waals surface area contributed by atoms with Crippen LogP contribution >= 0.6 is 0 Å². The Balaban J connectivity index is 1.15. The molecule has 0 spiro atoms. The number of ether oxygens (including phenoxy) is 1. The van der Waals surface area contributed by atoms with Crippen LogP contribution in [0.2, 0.25) is 0 Å². The van der Waals surface area contributed by atoms with Gasteiger partial charge >= 0.3 is 6.01 Å². The number of amides is 1. The van der Waals surface area contributed by atoms with E-state index < -0.39 is 29.3 Å². The summed E-state index contributed by atoms with van der Waals surface area (Å²) >= 11 is 0. The molecule has 3 aromatic heterocycles. The van der Waals surface area contributed by atoms with Crippen LogP contribution in [-0.2, 0) is 4.79 Å². The van der Waals surface area contributed by atoms with Crippen molar-refractivity contribution in [2.75, 3.05) is 50.8 Å². The third kappa shape index (κ3) is 5.99. The van der Waals surface area contributed by atoms with E-state index in [4.69, 9.17) is 16.1 Å². The highest BCUT2D eigenvalue weighted by atomic mass is 19.1. The van der Waals surface area contributed by atoms with Crippen LogP contribution in [0.5, 0.6) is 6.01 Å². The third-order valence-corrected chi connectivity index (χ3v) is 10.1. The van der Waals surface area contributed by atoms with Crippen LogP contribution in [0.4, 0.5) is 19.0 Å². The van der Waals surface area contributed by atoms with Crippen LogP contribution in [-0.4, -0.2) is 98.2 Å². The molecule has 13 heteroatoms. The third-order valence-electron chi connectivity index (χ3n) is 10.1. The highest BCUT2D eigenvalue weighted by Crippen LogP contribution is 2.41. The van der Waals surface area contributed by atoms with Crippen LogP contribution < -0.4 is 9.64 Å². The predicted molar refractivity (Wildman–Crippen MR) is 187 cm³/mol. The van der Waals surface area contributed by atoms with Gasteiger partial charge in [-0.3, -0.25) is 24.6 Å². The molecular weight excluding hydrogens is 657 g/mol. The average molecular weight is 691 g/mol. The topological polar surface area (TPSA) is 100 Å². The standard InChI is InChI=1S/C38H33F3N8O2/c1-2-24-6-3-7-25-8-4-9-28(31(24)25)33-32(41)34-29(21-44-33)35(46-37(45-34)51-23-38-10-5-13-49(38)22-26(39)19-38)47-14-16-48(17-15-47)36(50)30(40)18-27-20-42-11-12-43-27/h1,3-4,6-9,11-12,18,20-21,26H,5,10,13-17,19,22-23H2/b30-18-/t26-,38+/m1/s1. The quantitative estimate of drug-likeness (QED) is 0.165. The van der Waals surface area contributed by atoms with Crippen molar-refractivity contribution in [2.24, 2.45) is 0 Å². The molecule has 1 amide bonds. The molecule has 3 fully saturated rings. The fourth-order valence-electron chi connectivity index (χ4n) is 7.67. The van der Waals surface area contributed by atoms with Gasteiger partial charge in [-0.15, -0.1) is 6.42 Å². The van der Waals surface area contributed by atoms with Crippen molar-refractivity contribution in [3.63, 3.8) is 0 Å². The number of pyridine rings is 1. The van der Waals surface area contributed by atoms with Gasteiger partial charge in [-0.2, -0.15) is 9.97 Å². The van der Waals surface area contributed by atoms with E-state index in [0.717, 1.165) is 30.8 Å². The van der Waals surface area contributed by atoms with Gasteiger partial charge in [0.05, 0.1) is 22.8 Å². The van der Waals surface area contributed by atoms with Gasteiger partial charge in [0.25, 0.3) is 5.91 Å². The van der Waals surface area contributed by atoms with Crippen molar-refractivity contribution in [3.8, 4) is 29.6 Å². The first-order valence-corrected chi connectivity index (χ1v) is 16.9. The summed E-state index contributed by atoms with van der Waals surface area (Å²) in [6.45, 7) is 2.21. The zero-order chi connectivity index (χ0) is 35.1. The fraction of sp³-hybridized carbons (Fsp3) is 0.316. The molecule has 0 unspecified atom stereocenters. The summed E-state index contributed by atoms with van der Waals surface area (Å²) in [4.78, 5) is 40.2. The Kier molecular flexibility index (Phi) is 8.47. The van der Waals surface area contributed by atoms with E-state index in [2.05, 4.69) is 30.8 Å². The molecule has 6 heterocycles. The van der Waals surface area contributed by atoms with E-state index in [1.165, 1.54) is 29.7 Å². The number of hydrogen-bond donors (Lipinski definition) is 0. The van der Waals surface area contributed by atoms with E-state index in [1.54, 1.807) is 12.1 Å². The highest BCUT2D eigenvalue weighted by Gasteiger charge is 2.49. The molecule has 10 nitrogen and oxygen atoms in total. The van der Waals surface area contributed by atoms with Crippen molar-refractivity contribution < 1.29 is 22.7 Å². The number of alkyl halides is 1. The Morgan fingerprint density at radius 1 is 1.06 bits per heavy atom. The molecule has 258 valence electrons. The molecule has 0 saturated carbocycles. The number of hydrogen-bond acceptors (Lipinski definition) is 9. The van der Waals surface area contributed by atoms with Crippen molar-refractivity contribution in [2.45, 2.75) is 31.0 Å². The van der Waals surface area contributed by atoms with Crippen LogP contribution in [0.25, 0.3) is 39.0 Å². The molecule has 3 aliphatic heterocycles. The summed E-state index contributed by atoms with van der Waals surface area (Å²) < 4.78 is 52.5.